The Hall–Kier alpha value is -2.85. The Labute approximate surface area is 150 Å². The van der Waals surface area contributed by atoms with E-state index < -0.39 is 12.1 Å². The van der Waals surface area contributed by atoms with E-state index >= 15 is 0 Å². The van der Waals surface area contributed by atoms with Gasteiger partial charge < -0.3 is 14.8 Å². The number of amides is 1. The van der Waals surface area contributed by atoms with Crippen molar-refractivity contribution in [1.82, 2.24) is 0 Å². The van der Waals surface area contributed by atoms with Gasteiger partial charge in [-0.05, 0) is 31.0 Å². The van der Waals surface area contributed by atoms with Gasteiger partial charge in [0.2, 0.25) is 0 Å². The number of nitriles is 1. The van der Waals surface area contributed by atoms with E-state index in [9.17, 15) is 14.9 Å². The van der Waals surface area contributed by atoms with Crippen molar-refractivity contribution in [3.63, 3.8) is 0 Å². The number of carbonyl (C=O) groups is 2. The third-order valence-electron chi connectivity index (χ3n) is 3.55. The minimum atomic E-state index is -0.710. The average Bonchev–Trinajstić information content (AvgIpc) is 2.94. The first-order valence-electron chi connectivity index (χ1n) is 7.66. The Morgan fingerprint density at radius 3 is 2.56 bits per heavy atom. The third kappa shape index (κ3) is 4.17. The van der Waals surface area contributed by atoms with Crippen LogP contribution in [0.3, 0.4) is 0 Å². The minimum absolute atomic E-state index is 0.258. The van der Waals surface area contributed by atoms with E-state index in [0.717, 1.165) is 11.3 Å². The van der Waals surface area contributed by atoms with Crippen LogP contribution in [0.5, 0.6) is 5.75 Å². The van der Waals surface area contributed by atoms with Gasteiger partial charge in [-0.2, -0.15) is 5.26 Å². The summed E-state index contributed by atoms with van der Waals surface area (Å²) in [6, 6.07) is 11.0. The Bertz CT molecular complexity index is 808. The maximum absolute atomic E-state index is 12.5. The summed E-state index contributed by atoms with van der Waals surface area (Å²) in [5, 5.41) is 12.4. The number of hydrogen-bond acceptors (Lipinski definition) is 6. The quantitative estimate of drug-likeness (QED) is 0.798. The van der Waals surface area contributed by atoms with Gasteiger partial charge in [0, 0.05) is 0 Å². The predicted octanol–water partition coefficient (Wildman–Crippen LogP) is 3.51. The highest BCUT2D eigenvalue weighted by Crippen LogP contribution is 2.33. The predicted molar refractivity (Wildman–Crippen MR) is 94.9 cm³/mol. The third-order valence-corrected chi connectivity index (χ3v) is 4.74. The largest absolute Gasteiger partial charge is 0.481 e. The maximum Gasteiger partial charge on any atom is 0.348 e. The smallest absolute Gasteiger partial charge is 0.348 e. The van der Waals surface area contributed by atoms with Crippen molar-refractivity contribution in [2.45, 2.75) is 26.4 Å². The molecule has 7 heteroatoms. The number of nitrogens with zero attached hydrogens (tertiary/aromatic N) is 1. The molecule has 0 saturated heterocycles. The van der Waals surface area contributed by atoms with Crippen LogP contribution in [0.1, 0.15) is 34.1 Å². The van der Waals surface area contributed by atoms with Crippen LogP contribution in [0.2, 0.25) is 0 Å². The molecule has 2 rings (SSSR count). The van der Waals surface area contributed by atoms with Crippen molar-refractivity contribution in [3.05, 3.63) is 46.3 Å². The Balaban J connectivity index is 2.21. The summed E-state index contributed by atoms with van der Waals surface area (Å²) in [6.07, 6.45) is -0.255. The molecule has 130 valence electrons. The van der Waals surface area contributed by atoms with E-state index in [2.05, 4.69) is 5.32 Å². The molecule has 0 aliphatic carbocycles. The summed E-state index contributed by atoms with van der Waals surface area (Å²) in [4.78, 5) is 24.6. The molecule has 1 aromatic carbocycles. The highest BCUT2D eigenvalue weighted by atomic mass is 32.1. The molecular weight excluding hydrogens is 340 g/mol. The van der Waals surface area contributed by atoms with Crippen molar-refractivity contribution < 1.29 is 19.1 Å². The summed E-state index contributed by atoms with van der Waals surface area (Å²) in [5.41, 5.74) is 0.750. The number of benzene rings is 1. The van der Waals surface area contributed by atoms with Crippen molar-refractivity contribution in [2.75, 3.05) is 12.4 Å². The molecule has 1 amide bonds. The minimum Gasteiger partial charge on any atom is -0.481 e. The van der Waals surface area contributed by atoms with Crippen molar-refractivity contribution in [3.8, 4) is 11.8 Å². The zero-order valence-corrected chi connectivity index (χ0v) is 15.0. The molecule has 0 unspecified atom stereocenters. The Kier molecular flexibility index (Phi) is 6.14. The fraction of sp³-hybridized carbons (Fsp3) is 0.278. The van der Waals surface area contributed by atoms with Crippen LogP contribution in [-0.4, -0.2) is 25.1 Å². The fourth-order valence-electron chi connectivity index (χ4n) is 2.20. The van der Waals surface area contributed by atoms with E-state index in [4.69, 9.17) is 9.47 Å². The van der Waals surface area contributed by atoms with E-state index in [-0.39, 0.29) is 11.5 Å². The number of hydrogen-bond donors (Lipinski definition) is 1. The lowest BCUT2D eigenvalue weighted by Crippen LogP contribution is -2.32. The van der Waals surface area contributed by atoms with E-state index in [1.54, 1.807) is 19.1 Å². The first kappa shape index (κ1) is 18.5. The number of thiophene rings is 1. The number of carbonyl (C=O) groups excluding carboxylic acids is 2. The van der Waals surface area contributed by atoms with Crippen LogP contribution in [0.25, 0.3) is 0 Å². The number of anilines is 1. The molecule has 1 heterocycles. The average molecular weight is 358 g/mol. The molecule has 2 aromatic rings. The van der Waals surface area contributed by atoms with Gasteiger partial charge in [-0.25, -0.2) is 4.79 Å². The van der Waals surface area contributed by atoms with Crippen molar-refractivity contribution >= 4 is 28.2 Å². The lowest BCUT2D eigenvalue weighted by molar-refractivity contribution is -0.122. The second-order valence-electron chi connectivity index (χ2n) is 5.18. The van der Waals surface area contributed by atoms with Gasteiger partial charge in [0.25, 0.3) is 5.91 Å². The number of nitrogens with one attached hydrogen (secondary N) is 1. The molecule has 1 aromatic heterocycles. The molecule has 0 radical (unpaired) electrons. The molecule has 0 spiro atoms. The molecule has 6 nitrogen and oxygen atoms in total. The second kappa shape index (κ2) is 8.31. The SMILES string of the molecule is CC[C@@H](Oc1ccccc1)C(=O)Nc1sc(C(=O)OC)c(C)c1C#N. The van der Waals surface area contributed by atoms with Crippen LogP contribution in [0, 0.1) is 18.3 Å². The summed E-state index contributed by atoms with van der Waals surface area (Å²) < 4.78 is 10.4. The number of methoxy groups -OCH3 is 1. The number of ether oxygens (including phenoxy) is 2. The Morgan fingerprint density at radius 2 is 2.00 bits per heavy atom. The van der Waals surface area contributed by atoms with Gasteiger partial charge >= 0.3 is 5.97 Å². The topological polar surface area (TPSA) is 88.4 Å². The van der Waals surface area contributed by atoms with Crippen LogP contribution < -0.4 is 10.1 Å². The Morgan fingerprint density at radius 1 is 1.32 bits per heavy atom. The molecule has 25 heavy (non-hydrogen) atoms. The first-order chi connectivity index (χ1) is 12.0. The fourth-order valence-corrected chi connectivity index (χ4v) is 3.28. The van der Waals surface area contributed by atoms with Gasteiger partial charge in [-0.15, -0.1) is 11.3 Å². The molecule has 0 fully saturated rings. The first-order valence-corrected chi connectivity index (χ1v) is 8.47. The lowest BCUT2D eigenvalue weighted by Gasteiger charge is -2.16. The summed E-state index contributed by atoms with van der Waals surface area (Å²) in [5.74, 6) is -0.324. The van der Waals surface area contributed by atoms with Crippen LogP contribution in [0.4, 0.5) is 5.00 Å². The van der Waals surface area contributed by atoms with Gasteiger partial charge in [0.15, 0.2) is 6.10 Å². The monoisotopic (exact) mass is 358 g/mol. The summed E-state index contributed by atoms with van der Waals surface area (Å²) in [7, 11) is 1.27. The lowest BCUT2D eigenvalue weighted by atomic mass is 10.1. The zero-order valence-electron chi connectivity index (χ0n) is 14.2. The molecule has 0 saturated carbocycles. The molecule has 0 aliphatic heterocycles. The normalized spacial score (nSPS) is 11.3. The summed E-state index contributed by atoms with van der Waals surface area (Å²) in [6.45, 7) is 3.48. The highest BCUT2D eigenvalue weighted by molar-refractivity contribution is 7.18. The van der Waals surface area contributed by atoms with Gasteiger partial charge in [-0.3, -0.25) is 4.79 Å². The molecule has 0 bridgehead atoms. The van der Waals surface area contributed by atoms with Crippen LogP contribution in [0.15, 0.2) is 30.3 Å². The van der Waals surface area contributed by atoms with Gasteiger partial charge in [-0.1, -0.05) is 25.1 Å². The van der Waals surface area contributed by atoms with Crippen LogP contribution in [-0.2, 0) is 9.53 Å². The standard InChI is InChI=1S/C18H18N2O4S/c1-4-14(24-12-8-6-5-7-9-12)16(21)20-17-13(10-19)11(2)15(25-17)18(22)23-3/h5-9,14H,4H2,1-3H3,(H,20,21)/t14-/m1/s1. The van der Waals surface area contributed by atoms with E-state index in [1.807, 2.05) is 31.2 Å². The number of para-hydroxylation sites is 1. The summed E-state index contributed by atoms with van der Waals surface area (Å²) >= 11 is 1.02. The molecule has 1 atom stereocenters. The van der Waals surface area contributed by atoms with Crippen molar-refractivity contribution in [2.24, 2.45) is 0 Å². The molecular formula is C18H18N2O4S. The maximum atomic E-state index is 12.5. The molecule has 1 N–H and O–H groups in total. The van der Waals surface area contributed by atoms with Gasteiger partial charge in [0.1, 0.15) is 21.7 Å². The number of rotatable bonds is 6. The van der Waals surface area contributed by atoms with E-state index in [1.165, 1.54) is 7.11 Å². The zero-order chi connectivity index (χ0) is 18.4. The number of esters is 1. The second-order valence-corrected chi connectivity index (χ2v) is 6.20. The van der Waals surface area contributed by atoms with Crippen LogP contribution >= 0.6 is 11.3 Å². The van der Waals surface area contributed by atoms with Gasteiger partial charge in [0.05, 0.1) is 12.7 Å². The molecule has 0 aliphatic rings. The van der Waals surface area contributed by atoms with Crippen molar-refractivity contribution in [1.29, 1.82) is 5.26 Å². The highest BCUT2D eigenvalue weighted by Gasteiger charge is 2.25. The van der Waals surface area contributed by atoms with E-state index in [0.29, 0.717) is 27.6 Å².